The fraction of sp³-hybridized carbons (Fsp3) is 0.800. The second kappa shape index (κ2) is 7.45. The van der Waals surface area contributed by atoms with Gasteiger partial charge < -0.3 is 4.79 Å². The van der Waals surface area contributed by atoms with Crippen LogP contribution in [0.15, 0.2) is 0 Å². The molecule has 0 saturated heterocycles. The molecule has 0 spiro atoms. The minimum atomic E-state index is -4.00. The van der Waals surface area contributed by atoms with Gasteiger partial charge in [0.1, 0.15) is 5.78 Å². The van der Waals surface area contributed by atoms with Gasteiger partial charge in [-0.15, -0.1) is 0 Å². The highest BCUT2D eigenvalue weighted by atomic mass is 32.2. The van der Waals surface area contributed by atoms with Crippen LogP contribution in [-0.4, -0.2) is 47.2 Å². The molecule has 7 nitrogen and oxygen atoms in total. The Morgan fingerprint density at radius 1 is 1.28 bits per heavy atom. The van der Waals surface area contributed by atoms with Gasteiger partial charge in [-0.2, -0.15) is 8.42 Å². The first-order valence-corrected chi connectivity index (χ1v) is 7.19. The normalized spacial score (nSPS) is 13.1. The lowest BCUT2D eigenvalue weighted by Gasteiger charge is -2.18. The lowest BCUT2D eigenvalue weighted by atomic mass is 10.0. The predicted molar refractivity (Wildman–Crippen MR) is 63.6 cm³/mol. The first-order valence-electron chi connectivity index (χ1n) is 5.58. The van der Waals surface area contributed by atoms with Crippen LogP contribution in [0.25, 0.3) is 0 Å². The number of nitrogens with zero attached hydrogens (tertiary/aromatic N) is 1. The van der Waals surface area contributed by atoms with Crippen LogP contribution in [0.1, 0.15) is 33.1 Å². The van der Waals surface area contributed by atoms with E-state index in [-0.39, 0.29) is 31.6 Å². The van der Waals surface area contributed by atoms with E-state index in [2.05, 4.69) is 0 Å². The summed E-state index contributed by atoms with van der Waals surface area (Å²) >= 11 is 0. The lowest BCUT2D eigenvalue weighted by molar-refractivity contribution is -0.170. The van der Waals surface area contributed by atoms with Crippen LogP contribution in [0, 0.1) is 5.92 Å². The van der Waals surface area contributed by atoms with E-state index in [1.54, 1.807) is 0 Å². The molecule has 18 heavy (non-hydrogen) atoms. The zero-order valence-electron chi connectivity index (χ0n) is 10.5. The maximum Gasteiger partial charge on any atom is 0.264 e. The molecule has 0 heterocycles. The van der Waals surface area contributed by atoms with E-state index in [1.807, 2.05) is 0 Å². The maximum atomic E-state index is 11.5. The van der Waals surface area contributed by atoms with Crippen molar-refractivity contribution in [2.24, 2.45) is 5.92 Å². The summed E-state index contributed by atoms with van der Waals surface area (Å²) in [6.07, 6.45) is 0.444. The van der Waals surface area contributed by atoms with Crippen molar-refractivity contribution >= 4 is 21.8 Å². The number of unbranched alkanes of at least 4 members (excludes halogenated alkanes) is 1. The van der Waals surface area contributed by atoms with E-state index in [4.69, 9.17) is 4.55 Å². The Labute approximate surface area is 106 Å². The Balaban J connectivity index is 3.98. The van der Waals surface area contributed by atoms with Crippen molar-refractivity contribution in [1.82, 2.24) is 5.06 Å². The van der Waals surface area contributed by atoms with Crippen molar-refractivity contribution in [2.45, 2.75) is 33.1 Å². The summed E-state index contributed by atoms with van der Waals surface area (Å²) in [4.78, 5) is 22.3. The highest BCUT2D eigenvalue weighted by Gasteiger charge is 2.20. The van der Waals surface area contributed by atoms with Crippen LogP contribution in [0.2, 0.25) is 0 Å². The molecule has 0 radical (unpaired) electrons. The number of Topliss-reactive ketones (excluding diaryl/α,β-unsaturated/α-hetero) is 1. The van der Waals surface area contributed by atoms with E-state index in [0.717, 1.165) is 0 Å². The van der Waals surface area contributed by atoms with Crippen molar-refractivity contribution in [3.8, 4) is 0 Å². The topological polar surface area (TPSA) is 112 Å². The summed E-state index contributed by atoms with van der Waals surface area (Å²) in [7, 11) is -4.00. The zero-order chi connectivity index (χ0) is 14.3. The van der Waals surface area contributed by atoms with Crippen molar-refractivity contribution in [3.05, 3.63) is 0 Å². The van der Waals surface area contributed by atoms with Crippen LogP contribution in [0.3, 0.4) is 0 Å². The summed E-state index contributed by atoms with van der Waals surface area (Å²) in [6, 6.07) is 0. The summed E-state index contributed by atoms with van der Waals surface area (Å²) in [5.41, 5.74) is 0. The number of carbonyl (C=O) groups excluding carboxylic acids is 2. The molecule has 0 aliphatic heterocycles. The third-order valence-corrected chi connectivity index (χ3v) is 3.10. The average molecular weight is 281 g/mol. The molecule has 1 amide bonds. The molecule has 0 aliphatic carbocycles. The Kier molecular flexibility index (Phi) is 7.04. The van der Waals surface area contributed by atoms with Crippen LogP contribution in [0.5, 0.6) is 0 Å². The number of hydrogen-bond acceptors (Lipinski definition) is 5. The second-order valence-corrected chi connectivity index (χ2v) is 5.83. The molecule has 1 atom stereocenters. The molecule has 0 aromatic rings. The van der Waals surface area contributed by atoms with Gasteiger partial charge in [-0.25, -0.2) is 5.06 Å². The Morgan fingerprint density at radius 2 is 1.83 bits per heavy atom. The molecule has 0 aromatic carbocycles. The summed E-state index contributed by atoms with van der Waals surface area (Å²) < 4.78 is 29.3. The molecule has 0 aliphatic rings. The van der Waals surface area contributed by atoms with E-state index in [0.29, 0.717) is 5.06 Å². The van der Waals surface area contributed by atoms with Gasteiger partial charge in [0.25, 0.3) is 10.1 Å². The first kappa shape index (κ1) is 17.0. The van der Waals surface area contributed by atoms with Gasteiger partial charge in [-0.3, -0.25) is 14.6 Å². The molecule has 106 valence electrons. The molecular weight excluding hydrogens is 262 g/mol. The number of hydroxylamine groups is 2. The van der Waals surface area contributed by atoms with E-state index in [9.17, 15) is 23.2 Å². The fourth-order valence-electron chi connectivity index (χ4n) is 1.43. The highest BCUT2D eigenvalue weighted by molar-refractivity contribution is 7.85. The van der Waals surface area contributed by atoms with Gasteiger partial charge >= 0.3 is 0 Å². The van der Waals surface area contributed by atoms with Crippen molar-refractivity contribution < 1.29 is 27.8 Å². The summed E-state index contributed by atoms with van der Waals surface area (Å²) in [6.45, 7) is 2.86. The first-order chi connectivity index (χ1) is 8.13. The molecular formula is C10H19NO6S. The Hall–Kier alpha value is -0.990. The Bertz CT molecular complexity index is 391. The van der Waals surface area contributed by atoms with Gasteiger partial charge in [0, 0.05) is 18.9 Å². The third-order valence-electron chi connectivity index (χ3n) is 2.29. The van der Waals surface area contributed by atoms with Gasteiger partial charge in [0.2, 0.25) is 5.91 Å². The largest absolute Gasteiger partial charge is 0.300 e. The van der Waals surface area contributed by atoms with Crippen LogP contribution in [-0.2, 0) is 19.7 Å². The summed E-state index contributed by atoms with van der Waals surface area (Å²) in [5, 5.41) is 9.87. The van der Waals surface area contributed by atoms with Crippen LogP contribution in [0.4, 0.5) is 0 Å². The van der Waals surface area contributed by atoms with Crippen molar-refractivity contribution in [1.29, 1.82) is 0 Å². The number of rotatable bonds is 8. The van der Waals surface area contributed by atoms with Crippen molar-refractivity contribution in [2.75, 3.05) is 12.3 Å². The maximum absolute atomic E-state index is 11.5. The van der Waals surface area contributed by atoms with E-state index < -0.39 is 27.7 Å². The average Bonchev–Trinajstić information content (AvgIpc) is 2.20. The van der Waals surface area contributed by atoms with Crippen LogP contribution < -0.4 is 0 Å². The van der Waals surface area contributed by atoms with Gasteiger partial charge in [-0.05, 0) is 19.8 Å². The van der Waals surface area contributed by atoms with Crippen LogP contribution >= 0.6 is 0 Å². The fourth-order valence-corrected chi connectivity index (χ4v) is 2.00. The number of amides is 1. The van der Waals surface area contributed by atoms with E-state index >= 15 is 0 Å². The molecule has 8 heteroatoms. The van der Waals surface area contributed by atoms with Gasteiger partial charge in [0.15, 0.2) is 0 Å². The predicted octanol–water partition coefficient (Wildman–Crippen LogP) is 0.487. The number of carbonyl (C=O) groups is 2. The second-order valence-electron chi connectivity index (χ2n) is 4.26. The molecule has 0 saturated carbocycles. The number of ketones is 1. The summed E-state index contributed by atoms with van der Waals surface area (Å²) in [5.74, 6) is -1.72. The quantitative estimate of drug-likeness (QED) is 0.290. The Morgan fingerprint density at radius 3 is 2.28 bits per heavy atom. The SMILES string of the molecule is CC(=O)CC(C)C(=O)N(O)CCCCS(=O)(=O)O. The van der Waals surface area contributed by atoms with Gasteiger partial charge in [-0.1, -0.05) is 6.92 Å². The molecule has 2 N–H and O–H groups in total. The minimum Gasteiger partial charge on any atom is -0.300 e. The van der Waals surface area contributed by atoms with Gasteiger partial charge in [0.05, 0.1) is 5.75 Å². The third kappa shape index (κ3) is 8.15. The zero-order valence-corrected chi connectivity index (χ0v) is 11.3. The molecule has 0 bridgehead atoms. The highest BCUT2D eigenvalue weighted by Crippen LogP contribution is 2.07. The lowest BCUT2D eigenvalue weighted by Crippen LogP contribution is -2.34. The molecule has 1 unspecified atom stereocenters. The number of hydrogen-bond donors (Lipinski definition) is 2. The smallest absolute Gasteiger partial charge is 0.264 e. The molecule has 0 aromatic heterocycles. The molecule has 0 fully saturated rings. The standard InChI is InChI=1S/C10H19NO6S/c1-8(7-9(2)12)10(13)11(14)5-3-4-6-18(15,16)17/h8,14H,3-7H2,1-2H3,(H,15,16,17). The minimum absolute atomic E-state index is 0.0312. The monoisotopic (exact) mass is 281 g/mol. The molecule has 0 rings (SSSR count). The van der Waals surface area contributed by atoms with E-state index in [1.165, 1.54) is 13.8 Å². The van der Waals surface area contributed by atoms with Crippen molar-refractivity contribution in [3.63, 3.8) is 0 Å².